The van der Waals surface area contributed by atoms with Crippen molar-refractivity contribution < 1.29 is 13.2 Å². The van der Waals surface area contributed by atoms with Gasteiger partial charge in [-0.15, -0.1) is 0 Å². The van der Waals surface area contributed by atoms with Crippen LogP contribution in [0.15, 0.2) is 36.4 Å². The molecule has 1 aliphatic rings. The van der Waals surface area contributed by atoms with Gasteiger partial charge in [0.1, 0.15) is 12.4 Å². The zero-order chi connectivity index (χ0) is 14.4. The molecule has 0 spiro atoms. The lowest BCUT2D eigenvalue weighted by Crippen LogP contribution is -2.38. The molecule has 0 bridgehead atoms. The van der Waals surface area contributed by atoms with E-state index in [9.17, 15) is 8.42 Å². The van der Waals surface area contributed by atoms with Gasteiger partial charge >= 0.3 is 0 Å². The average Bonchev–Trinajstić information content (AvgIpc) is 2.41. The Balaban J connectivity index is 1.80. The third-order valence-corrected chi connectivity index (χ3v) is 4.54. The lowest BCUT2D eigenvalue weighted by atomic mass is 10.0. The van der Waals surface area contributed by atoms with Crippen molar-refractivity contribution in [3.8, 4) is 5.75 Å². The number of nitrogen functional groups attached to an aromatic ring is 1. The van der Waals surface area contributed by atoms with Gasteiger partial charge < -0.3 is 10.5 Å². The van der Waals surface area contributed by atoms with E-state index in [4.69, 9.17) is 10.5 Å². The molecule has 0 amide bonds. The van der Waals surface area contributed by atoms with Crippen LogP contribution < -0.4 is 15.2 Å². The van der Waals surface area contributed by atoms with Crippen molar-refractivity contribution in [1.82, 2.24) is 4.72 Å². The van der Waals surface area contributed by atoms with Crippen LogP contribution in [0.2, 0.25) is 0 Å². The Bertz CT molecular complexity index is 570. The summed E-state index contributed by atoms with van der Waals surface area (Å²) in [4.78, 5) is 0. The zero-order valence-electron chi connectivity index (χ0n) is 11.3. The first-order valence-electron chi connectivity index (χ1n) is 6.69. The summed E-state index contributed by atoms with van der Waals surface area (Å²) in [5.41, 5.74) is 6.23. The minimum Gasteiger partial charge on any atom is -0.490 e. The highest BCUT2D eigenvalue weighted by atomic mass is 32.2. The summed E-state index contributed by atoms with van der Waals surface area (Å²) in [6.07, 6.45) is 6.61. The van der Waals surface area contributed by atoms with Crippen LogP contribution in [0.1, 0.15) is 19.3 Å². The van der Waals surface area contributed by atoms with E-state index in [1.165, 1.54) is 0 Å². The Labute approximate surface area is 119 Å². The smallest absolute Gasteiger partial charge is 0.215 e. The Hall–Kier alpha value is -1.53. The summed E-state index contributed by atoms with van der Waals surface area (Å²) >= 11 is 0. The van der Waals surface area contributed by atoms with Gasteiger partial charge in [0.2, 0.25) is 10.0 Å². The van der Waals surface area contributed by atoms with Crippen molar-refractivity contribution in [3.63, 3.8) is 0 Å². The number of nitrogens with two attached hydrogens (primary N) is 1. The van der Waals surface area contributed by atoms with Gasteiger partial charge in [-0.1, -0.05) is 24.3 Å². The molecular formula is C14H20N2O3S. The molecular weight excluding hydrogens is 276 g/mol. The number of rotatable bonds is 6. The minimum atomic E-state index is -3.31. The predicted molar refractivity (Wildman–Crippen MR) is 80.1 cm³/mol. The SMILES string of the molecule is Nc1ccccc1OCCS(=O)(=O)NC1CC=CCC1. The fraction of sp³-hybridized carbons (Fsp3) is 0.429. The van der Waals surface area contributed by atoms with Crippen LogP contribution in [0, 0.1) is 0 Å². The Morgan fingerprint density at radius 2 is 2.10 bits per heavy atom. The van der Waals surface area contributed by atoms with E-state index in [1.54, 1.807) is 24.3 Å². The maximum atomic E-state index is 11.9. The second-order valence-corrected chi connectivity index (χ2v) is 6.68. The molecule has 0 saturated heterocycles. The lowest BCUT2D eigenvalue weighted by molar-refractivity contribution is 0.341. The van der Waals surface area contributed by atoms with Crippen LogP contribution in [0.3, 0.4) is 0 Å². The van der Waals surface area contributed by atoms with Gasteiger partial charge in [0.05, 0.1) is 11.4 Å². The lowest BCUT2D eigenvalue weighted by Gasteiger charge is -2.19. The van der Waals surface area contributed by atoms with Gasteiger partial charge in [-0.05, 0) is 31.4 Å². The van der Waals surface area contributed by atoms with Crippen LogP contribution in [-0.4, -0.2) is 26.8 Å². The molecule has 2 rings (SSSR count). The van der Waals surface area contributed by atoms with E-state index in [1.807, 2.05) is 6.08 Å². The fourth-order valence-electron chi connectivity index (χ4n) is 2.09. The van der Waals surface area contributed by atoms with Crippen LogP contribution in [0.5, 0.6) is 5.75 Å². The summed E-state index contributed by atoms with van der Waals surface area (Å²) in [6, 6.07) is 7.05. The molecule has 1 atom stereocenters. The molecule has 20 heavy (non-hydrogen) atoms. The van der Waals surface area contributed by atoms with Crippen molar-refractivity contribution in [2.75, 3.05) is 18.1 Å². The summed E-state index contributed by atoms with van der Waals surface area (Å²) in [7, 11) is -3.31. The van der Waals surface area contributed by atoms with Crippen molar-refractivity contribution >= 4 is 15.7 Å². The first kappa shape index (κ1) is 14.9. The van der Waals surface area contributed by atoms with Crippen molar-refractivity contribution in [2.45, 2.75) is 25.3 Å². The summed E-state index contributed by atoms with van der Waals surface area (Å²) in [5.74, 6) is 0.449. The van der Waals surface area contributed by atoms with Crippen molar-refractivity contribution in [2.24, 2.45) is 0 Å². The normalized spacial score (nSPS) is 18.9. The number of allylic oxidation sites excluding steroid dienone is 1. The predicted octanol–water partition coefficient (Wildman–Crippen LogP) is 1.68. The standard InChI is InChI=1S/C14H20N2O3S/c15-13-8-4-5-9-14(13)19-10-11-20(17,18)16-12-6-2-1-3-7-12/h1-2,4-5,8-9,12,16H,3,6-7,10-11,15H2. The number of para-hydroxylation sites is 2. The highest BCUT2D eigenvalue weighted by Crippen LogP contribution is 2.19. The number of nitrogens with one attached hydrogen (secondary N) is 1. The number of ether oxygens (including phenoxy) is 1. The first-order valence-corrected chi connectivity index (χ1v) is 8.34. The van der Waals surface area contributed by atoms with E-state index in [0.717, 1.165) is 19.3 Å². The van der Waals surface area contributed by atoms with Crippen LogP contribution in [0.25, 0.3) is 0 Å². The molecule has 1 unspecified atom stereocenters. The Morgan fingerprint density at radius 1 is 1.30 bits per heavy atom. The van der Waals surface area contributed by atoms with Crippen LogP contribution in [-0.2, 0) is 10.0 Å². The fourth-order valence-corrected chi connectivity index (χ4v) is 3.23. The third kappa shape index (κ3) is 4.54. The molecule has 0 heterocycles. The monoisotopic (exact) mass is 296 g/mol. The molecule has 0 fully saturated rings. The number of anilines is 1. The molecule has 0 aliphatic heterocycles. The summed E-state index contributed by atoms with van der Waals surface area (Å²) in [6.45, 7) is 0.0894. The third-order valence-electron chi connectivity index (χ3n) is 3.14. The van der Waals surface area contributed by atoms with E-state index in [0.29, 0.717) is 11.4 Å². The number of benzene rings is 1. The molecule has 1 aliphatic carbocycles. The average molecular weight is 296 g/mol. The second-order valence-electron chi connectivity index (χ2n) is 4.80. The van der Waals surface area contributed by atoms with Gasteiger partial charge in [0.25, 0.3) is 0 Å². The molecule has 0 radical (unpaired) electrons. The zero-order valence-corrected chi connectivity index (χ0v) is 12.1. The number of hydrogen-bond acceptors (Lipinski definition) is 4. The van der Waals surface area contributed by atoms with Crippen LogP contribution in [0.4, 0.5) is 5.69 Å². The first-order chi connectivity index (χ1) is 9.57. The van der Waals surface area contributed by atoms with E-state index < -0.39 is 10.0 Å². The molecule has 0 saturated carbocycles. The molecule has 1 aromatic carbocycles. The quantitative estimate of drug-likeness (QED) is 0.618. The molecule has 5 nitrogen and oxygen atoms in total. The van der Waals surface area contributed by atoms with Crippen molar-refractivity contribution in [1.29, 1.82) is 0 Å². The second kappa shape index (κ2) is 6.76. The molecule has 0 aromatic heterocycles. The Kier molecular flexibility index (Phi) is 5.03. The molecule has 1 aromatic rings. The molecule has 3 N–H and O–H groups in total. The minimum absolute atomic E-state index is 0.00629. The topological polar surface area (TPSA) is 81.4 Å². The van der Waals surface area contributed by atoms with Gasteiger partial charge in [0.15, 0.2) is 0 Å². The maximum absolute atomic E-state index is 11.9. The number of sulfonamides is 1. The van der Waals surface area contributed by atoms with Gasteiger partial charge in [-0.2, -0.15) is 0 Å². The number of hydrogen-bond donors (Lipinski definition) is 2. The van der Waals surface area contributed by atoms with Crippen LogP contribution >= 0.6 is 0 Å². The summed E-state index contributed by atoms with van der Waals surface area (Å²) < 4.78 is 32.0. The highest BCUT2D eigenvalue weighted by Gasteiger charge is 2.18. The molecule has 110 valence electrons. The molecule has 6 heteroatoms. The van der Waals surface area contributed by atoms with Gasteiger partial charge in [-0.3, -0.25) is 0 Å². The van der Waals surface area contributed by atoms with E-state index in [2.05, 4.69) is 10.8 Å². The Morgan fingerprint density at radius 3 is 2.80 bits per heavy atom. The van der Waals surface area contributed by atoms with Gasteiger partial charge in [0, 0.05) is 6.04 Å². The highest BCUT2D eigenvalue weighted by molar-refractivity contribution is 7.89. The largest absolute Gasteiger partial charge is 0.490 e. The van der Waals surface area contributed by atoms with Gasteiger partial charge in [-0.25, -0.2) is 13.1 Å². The maximum Gasteiger partial charge on any atom is 0.215 e. The van der Waals surface area contributed by atoms with E-state index >= 15 is 0 Å². The summed E-state index contributed by atoms with van der Waals surface area (Å²) in [5, 5.41) is 0. The van der Waals surface area contributed by atoms with E-state index in [-0.39, 0.29) is 18.4 Å². The van der Waals surface area contributed by atoms with Crippen molar-refractivity contribution in [3.05, 3.63) is 36.4 Å².